The number of rotatable bonds is 7. The molecule has 3 N–H and O–H groups in total. The zero-order chi connectivity index (χ0) is 14.4. The molecule has 2 rings (SSSR count). The van der Waals surface area contributed by atoms with Gasteiger partial charge in [0.1, 0.15) is 5.82 Å². The zero-order valence-electron chi connectivity index (χ0n) is 11.4. The number of hydrogen-bond acceptors (Lipinski definition) is 4. The molecule has 5 heteroatoms. The average Bonchev–Trinajstić information content (AvgIpc) is 2.92. The maximum Gasteiger partial charge on any atom is 0.136 e. The molecule has 1 unspecified atom stereocenters. The van der Waals surface area contributed by atoms with Crippen LogP contribution in [0.3, 0.4) is 0 Å². The lowest BCUT2D eigenvalue weighted by atomic mass is 10.2. The molecule has 0 aliphatic heterocycles. The van der Waals surface area contributed by atoms with Crippen LogP contribution in [0.15, 0.2) is 41.3 Å². The number of hydrazine groups is 1. The Morgan fingerprint density at radius 1 is 1.25 bits per heavy atom. The van der Waals surface area contributed by atoms with Gasteiger partial charge >= 0.3 is 0 Å². The average molecular weight is 310 g/mol. The molecule has 0 bridgehead atoms. The van der Waals surface area contributed by atoms with Gasteiger partial charge in [0.2, 0.25) is 0 Å². The van der Waals surface area contributed by atoms with Gasteiger partial charge in [0.25, 0.3) is 0 Å². The Kier molecular flexibility index (Phi) is 6.04. The second-order valence-corrected chi connectivity index (χ2v) is 6.85. The first-order valence-corrected chi connectivity index (χ1v) is 8.44. The van der Waals surface area contributed by atoms with Crippen molar-refractivity contribution in [1.82, 2.24) is 5.43 Å². The summed E-state index contributed by atoms with van der Waals surface area (Å²) in [6.45, 7) is 2.16. The highest BCUT2D eigenvalue weighted by molar-refractivity contribution is 7.99. The fourth-order valence-electron chi connectivity index (χ4n) is 1.88. The van der Waals surface area contributed by atoms with E-state index in [-0.39, 0.29) is 11.9 Å². The summed E-state index contributed by atoms with van der Waals surface area (Å²) < 4.78 is 13.5. The first-order valence-electron chi connectivity index (χ1n) is 6.64. The molecule has 2 aromatic rings. The second-order valence-electron chi connectivity index (χ2n) is 4.53. The molecule has 108 valence electrons. The highest BCUT2D eigenvalue weighted by Gasteiger charge is 2.11. The van der Waals surface area contributed by atoms with Crippen LogP contribution in [0.2, 0.25) is 0 Å². The largest absolute Gasteiger partial charge is 0.271 e. The van der Waals surface area contributed by atoms with Gasteiger partial charge < -0.3 is 0 Å². The van der Waals surface area contributed by atoms with E-state index in [2.05, 4.69) is 24.5 Å². The fourth-order valence-corrected chi connectivity index (χ4v) is 3.90. The smallest absolute Gasteiger partial charge is 0.136 e. The lowest BCUT2D eigenvalue weighted by Gasteiger charge is -2.14. The third-order valence-corrected chi connectivity index (χ3v) is 5.49. The van der Waals surface area contributed by atoms with Crippen LogP contribution in [0.1, 0.15) is 16.7 Å². The fraction of sp³-hybridized carbons (Fsp3) is 0.333. The minimum absolute atomic E-state index is 0.142. The number of halogens is 1. The van der Waals surface area contributed by atoms with Gasteiger partial charge in [-0.1, -0.05) is 19.1 Å². The molecule has 1 atom stereocenters. The van der Waals surface area contributed by atoms with Crippen LogP contribution in [0.5, 0.6) is 0 Å². The van der Waals surface area contributed by atoms with Crippen molar-refractivity contribution in [2.75, 3.05) is 5.75 Å². The number of nitrogens with two attached hydrogens (primary N) is 1. The summed E-state index contributed by atoms with van der Waals surface area (Å²) in [4.78, 5) is 3.38. The molecule has 1 aromatic carbocycles. The van der Waals surface area contributed by atoms with Crippen LogP contribution in [0.25, 0.3) is 0 Å². The van der Waals surface area contributed by atoms with Gasteiger partial charge in [0.05, 0.1) is 0 Å². The van der Waals surface area contributed by atoms with Crippen molar-refractivity contribution in [3.8, 4) is 0 Å². The third-order valence-electron chi connectivity index (χ3n) is 3.03. The van der Waals surface area contributed by atoms with E-state index < -0.39 is 0 Å². The highest BCUT2D eigenvalue weighted by atomic mass is 32.2. The molecule has 0 amide bonds. The minimum Gasteiger partial charge on any atom is -0.271 e. The standard InChI is InChI=1S/C15H19FN2S2/c1-2-12-7-8-13(20-12)9-11(18-17)10-19-15-6-4-3-5-14(15)16/h3-8,11,18H,2,9-10,17H2,1H3. The van der Waals surface area contributed by atoms with E-state index in [4.69, 9.17) is 5.84 Å². The summed E-state index contributed by atoms with van der Waals surface area (Å²) >= 11 is 3.32. The molecule has 1 heterocycles. The molecule has 2 nitrogen and oxygen atoms in total. The Morgan fingerprint density at radius 2 is 2.00 bits per heavy atom. The van der Waals surface area contributed by atoms with Crippen molar-refractivity contribution in [3.05, 3.63) is 52.0 Å². The van der Waals surface area contributed by atoms with Crippen LogP contribution < -0.4 is 11.3 Å². The van der Waals surface area contributed by atoms with Crippen molar-refractivity contribution < 1.29 is 4.39 Å². The highest BCUT2D eigenvalue weighted by Crippen LogP contribution is 2.24. The molecule has 0 radical (unpaired) electrons. The Labute approximate surface area is 127 Å². The Morgan fingerprint density at radius 3 is 2.65 bits per heavy atom. The van der Waals surface area contributed by atoms with Gasteiger partial charge in [-0.2, -0.15) is 0 Å². The molecule has 0 spiro atoms. The molecule has 1 aromatic heterocycles. The van der Waals surface area contributed by atoms with Gasteiger partial charge in [0, 0.05) is 26.4 Å². The molecule has 0 saturated heterocycles. The molecule has 0 aliphatic carbocycles. The number of thiophene rings is 1. The number of thioether (sulfide) groups is 1. The van der Waals surface area contributed by atoms with Crippen molar-refractivity contribution >= 4 is 23.1 Å². The molecule has 0 aliphatic rings. The summed E-state index contributed by atoms with van der Waals surface area (Å²) in [5, 5.41) is 0. The maximum atomic E-state index is 13.5. The zero-order valence-corrected chi connectivity index (χ0v) is 13.1. The molecular formula is C15H19FN2S2. The molecule has 0 saturated carbocycles. The number of aryl methyl sites for hydroxylation is 1. The van der Waals surface area contributed by atoms with Crippen LogP contribution in [0, 0.1) is 5.82 Å². The first-order chi connectivity index (χ1) is 9.72. The van der Waals surface area contributed by atoms with E-state index in [1.807, 2.05) is 17.4 Å². The van der Waals surface area contributed by atoms with Gasteiger partial charge in [-0.05, 0) is 37.1 Å². The second kappa shape index (κ2) is 7.78. The summed E-state index contributed by atoms with van der Waals surface area (Å²) in [5.41, 5.74) is 2.83. The Bertz CT molecular complexity index is 542. The van der Waals surface area contributed by atoms with E-state index in [9.17, 15) is 4.39 Å². The monoisotopic (exact) mass is 310 g/mol. The van der Waals surface area contributed by atoms with E-state index in [1.54, 1.807) is 12.1 Å². The normalized spacial score (nSPS) is 12.6. The summed E-state index contributed by atoms with van der Waals surface area (Å²) in [7, 11) is 0. The Hall–Kier alpha value is -0.880. The van der Waals surface area contributed by atoms with Crippen LogP contribution >= 0.6 is 23.1 Å². The van der Waals surface area contributed by atoms with E-state index in [0.29, 0.717) is 4.90 Å². The van der Waals surface area contributed by atoms with Gasteiger partial charge in [-0.15, -0.1) is 23.1 Å². The van der Waals surface area contributed by atoms with E-state index in [1.165, 1.54) is 27.6 Å². The summed E-state index contributed by atoms with van der Waals surface area (Å²) in [6, 6.07) is 11.3. The number of hydrogen-bond donors (Lipinski definition) is 2. The van der Waals surface area contributed by atoms with E-state index in [0.717, 1.165) is 18.6 Å². The number of nitrogens with one attached hydrogen (secondary N) is 1. The van der Waals surface area contributed by atoms with Crippen molar-refractivity contribution in [2.24, 2.45) is 5.84 Å². The quantitative estimate of drug-likeness (QED) is 0.466. The first kappa shape index (κ1) is 15.5. The van der Waals surface area contributed by atoms with Crippen LogP contribution in [-0.4, -0.2) is 11.8 Å². The number of benzene rings is 1. The lowest BCUT2D eigenvalue weighted by Crippen LogP contribution is -2.38. The van der Waals surface area contributed by atoms with Crippen LogP contribution in [-0.2, 0) is 12.8 Å². The summed E-state index contributed by atoms with van der Waals surface area (Å²) in [6.07, 6.45) is 1.94. The predicted octanol–water partition coefficient (Wildman–Crippen LogP) is 3.62. The van der Waals surface area contributed by atoms with E-state index >= 15 is 0 Å². The van der Waals surface area contributed by atoms with Crippen molar-refractivity contribution in [3.63, 3.8) is 0 Å². The molecular weight excluding hydrogens is 291 g/mol. The molecule has 0 fully saturated rings. The van der Waals surface area contributed by atoms with Gasteiger partial charge in [-0.25, -0.2) is 4.39 Å². The van der Waals surface area contributed by atoms with Crippen molar-refractivity contribution in [1.29, 1.82) is 0 Å². The molecule has 20 heavy (non-hydrogen) atoms. The predicted molar refractivity (Wildman–Crippen MR) is 85.6 cm³/mol. The van der Waals surface area contributed by atoms with Gasteiger partial charge in [-0.3, -0.25) is 11.3 Å². The van der Waals surface area contributed by atoms with Crippen molar-refractivity contribution in [2.45, 2.75) is 30.7 Å². The minimum atomic E-state index is -0.169. The SMILES string of the molecule is CCc1ccc(CC(CSc2ccccc2F)NN)s1. The van der Waals surface area contributed by atoms with Crippen LogP contribution in [0.4, 0.5) is 4.39 Å². The van der Waals surface area contributed by atoms with Gasteiger partial charge in [0.15, 0.2) is 0 Å². The lowest BCUT2D eigenvalue weighted by molar-refractivity contribution is 0.576. The maximum absolute atomic E-state index is 13.5. The Balaban J connectivity index is 1.91. The summed E-state index contributed by atoms with van der Waals surface area (Å²) in [5.74, 6) is 6.19. The topological polar surface area (TPSA) is 38.0 Å². The third kappa shape index (κ3) is 4.31.